The minimum Gasteiger partial charge on any atom is -0.350 e. The summed E-state index contributed by atoms with van der Waals surface area (Å²) in [6.07, 6.45) is 0.936. The molecule has 0 radical (unpaired) electrons. The number of carbonyl (C=O) groups excluding carboxylic acids is 3. The third-order valence-electron chi connectivity index (χ3n) is 5.11. The van der Waals surface area contributed by atoms with E-state index in [4.69, 9.17) is 0 Å². The molecule has 0 aliphatic carbocycles. The van der Waals surface area contributed by atoms with Gasteiger partial charge in [0.1, 0.15) is 4.90 Å². The number of para-hydroxylation sites is 1. The lowest BCUT2D eigenvalue weighted by atomic mass is 10.1. The normalized spacial score (nSPS) is 15.3. The van der Waals surface area contributed by atoms with Crippen LogP contribution in [0.25, 0.3) is 0 Å². The molecule has 2 N–H and O–H groups in total. The van der Waals surface area contributed by atoms with Crippen LogP contribution in [-0.4, -0.2) is 43.0 Å². The number of anilines is 1. The van der Waals surface area contributed by atoms with E-state index in [9.17, 15) is 22.8 Å². The fourth-order valence-electron chi connectivity index (χ4n) is 3.24. The van der Waals surface area contributed by atoms with Crippen molar-refractivity contribution >= 4 is 33.4 Å². The van der Waals surface area contributed by atoms with E-state index in [2.05, 4.69) is 10.6 Å². The highest BCUT2D eigenvalue weighted by atomic mass is 32.2. The van der Waals surface area contributed by atoms with Crippen molar-refractivity contribution < 1.29 is 22.8 Å². The summed E-state index contributed by atoms with van der Waals surface area (Å²) in [5.74, 6) is -1.23. The number of nitrogens with zero attached hydrogens (tertiary/aromatic N) is 1. The number of fused-ring (bicyclic) bond motifs is 1. The van der Waals surface area contributed by atoms with Crippen LogP contribution in [0.1, 0.15) is 53.8 Å². The summed E-state index contributed by atoms with van der Waals surface area (Å²) < 4.78 is 25.9. The van der Waals surface area contributed by atoms with E-state index in [-0.39, 0.29) is 47.7 Å². The Labute approximate surface area is 181 Å². The summed E-state index contributed by atoms with van der Waals surface area (Å²) in [6, 6.07) is 12.7. The second-order valence-corrected chi connectivity index (χ2v) is 9.19. The van der Waals surface area contributed by atoms with Crippen molar-refractivity contribution in [1.29, 1.82) is 0 Å². The first-order valence-corrected chi connectivity index (χ1v) is 11.6. The Morgan fingerprint density at radius 2 is 1.74 bits per heavy atom. The van der Waals surface area contributed by atoms with E-state index in [0.29, 0.717) is 11.3 Å². The van der Waals surface area contributed by atoms with Gasteiger partial charge in [-0.3, -0.25) is 14.4 Å². The minimum absolute atomic E-state index is 0.000303. The number of sulfonamides is 1. The number of hydrogen-bond acceptors (Lipinski definition) is 5. The maximum atomic E-state index is 12.6. The average Bonchev–Trinajstić information content (AvgIpc) is 2.94. The van der Waals surface area contributed by atoms with Crippen molar-refractivity contribution in [2.45, 2.75) is 44.0 Å². The fourth-order valence-corrected chi connectivity index (χ4v) is 4.85. The Balaban J connectivity index is 1.60. The molecule has 0 aromatic heterocycles. The van der Waals surface area contributed by atoms with Crippen LogP contribution >= 0.6 is 0 Å². The molecule has 9 heteroatoms. The van der Waals surface area contributed by atoms with Crippen molar-refractivity contribution in [1.82, 2.24) is 9.62 Å². The molecule has 0 spiro atoms. The predicted molar refractivity (Wildman–Crippen MR) is 116 cm³/mol. The summed E-state index contributed by atoms with van der Waals surface area (Å²) >= 11 is 0. The number of carbonyl (C=O) groups is 3. The maximum Gasteiger partial charge on any atom is 0.269 e. The summed E-state index contributed by atoms with van der Waals surface area (Å²) in [4.78, 5) is 37.3. The fraction of sp³-hybridized carbons (Fsp3) is 0.318. The summed E-state index contributed by atoms with van der Waals surface area (Å²) in [6.45, 7) is 3.76. The molecule has 0 saturated carbocycles. The molecule has 1 heterocycles. The molecular weight excluding hydrogens is 418 g/mol. The van der Waals surface area contributed by atoms with Gasteiger partial charge in [0, 0.05) is 19.0 Å². The molecule has 1 aliphatic heterocycles. The SMILES string of the molecule is CC[C@@H](C)NC(=O)c1ccccc1NC(=O)CCCN1C(=O)c2ccccc2S1(=O)=O. The zero-order valence-corrected chi connectivity index (χ0v) is 18.2. The predicted octanol–water partition coefficient (Wildman–Crippen LogP) is 2.78. The Morgan fingerprint density at radius 1 is 1.06 bits per heavy atom. The van der Waals surface area contributed by atoms with Gasteiger partial charge in [0.25, 0.3) is 21.8 Å². The molecule has 0 bridgehead atoms. The Bertz CT molecular complexity index is 1110. The summed E-state index contributed by atoms with van der Waals surface area (Å²) in [5.41, 5.74) is 0.877. The van der Waals surface area contributed by atoms with Gasteiger partial charge < -0.3 is 10.6 Å². The third-order valence-corrected chi connectivity index (χ3v) is 6.95. The van der Waals surface area contributed by atoms with Crippen LogP contribution in [-0.2, 0) is 14.8 Å². The topological polar surface area (TPSA) is 113 Å². The number of nitrogens with one attached hydrogen (secondary N) is 2. The Morgan fingerprint density at radius 3 is 2.45 bits per heavy atom. The number of rotatable bonds is 8. The largest absolute Gasteiger partial charge is 0.350 e. The minimum atomic E-state index is -3.89. The van der Waals surface area contributed by atoms with E-state index < -0.39 is 15.9 Å². The molecule has 3 amide bonds. The third kappa shape index (κ3) is 4.77. The van der Waals surface area contributed by atoms with Gasteiger partial charge in [0.15, 0.2) is 0 Å². The lowest BCUT2D eigenvalue weighted by Crippen LogP contribution is -2.33. The van der Waals surface area contributed by atoms with E-state index in [0.717, 1.165) is 10.7 Å². The molecule has 0 unspecified atom stereocenters. The zero-order chi connectivity index (χ0) is 22.6. The van der Waals surface area contributed by atoms with Gasteiger partial charge >= 0.3 is 0 Å². The van der Waals surface area contributed by atoms with Crippen LogP contribution in [0.2, 0.25) is 0 Å². The Kier molecular flexibility index (Phi) is 6.74. The average molecular weight is 444 g/mol. The standard InChI is InChI=1S/C22H25N3O5S/c1-3-15(2)23-21(27)16-9-4-6-11-18(16)24-20(26)13-8-14-25-22(28)17-10-5-7-12-19(17)31(25,29)30/h4-7,9-12,15H,3,8,13-14H2,1-2H3,(H,23,27)(H,24,26)/t15-/m1/s1. The first kappa shape index (κ1) is 22.5. The van der Waals surface area contributed by atoms with E-state index in [1.165, 1.54) is 12.1 Å². The van der Waals surface area contributed by atoms with Crippen LogP contribution in [0.4, 0.5) is 5.69 Å². The van der Waals surface area contributed by atoms with E-state index in [1.807, 2.05) is 13.8 Å². The zero-order valence-electron chi connectivity index (χ0n) is 17.4. The molecule has 1 atom stereocenters. The van der Waals surface area contributed by atoms with Gasteiger partial charge in [0.2, 0.25) is 5.91 Å². The highest BCUT2D eigenvalue weighted by molar-refractivity contribution is 7.90. The van der Waals surface area contributed by atoms with Crippen molar-refractivity contribution in [3.05, 3.63) is 59.7 Å². The van der Waals surface area contributed by atoms with Crippen LogP contribution in [0.15, 0.2) is 53.4 Å². The van der Waals surface area contributed by atoms with Gasteiger partial charge in [0.05, 0.1) is 16.8 Å². The highest BCUT2D eigenvalue weighted by Crippen LogP contribution is 2.30. The molecule has 2 aromatic carbocycles. The van der Waals surface area contributed by atoms with Gasteiger partial charge in [-0.15, -0.1) is 0 Å². The van der Waals surface area contributed by atoms with Gasteiger partial charge in [-0.1, -0.05) is 31.2 Å². The van der Waals surface area contributed by atoms with Crippen molar-refractivity contribution in [2.75, 3.05) is 11.9 Å². The van der Waals surface area contributed by atoms with Crippen LogP contribution in [0.3, 0.4) is 0 Å². The first-order valence-electron chi connectivity index (χ1n) is 10.1. The molecule has 164 valence electrons. The van der Waals surface area contributed by atoms with E-state index >= 15 is 0 Å². The van der Waals surface area contributed by atoms with Crippen molar-refractivity contribution in [3.63, 3.8) is 0 Å². The van der Waals surface area contributed by atoms with E-state index in [1.54, 1.807) is 36.4 Å². The molecule has 0 fully saturated rings. The number of benzene rings is 2. The van der Waals surface area contributed by atoms with Crippen LogP contribution < -0.4 is 10.6 Å². The van der Waals surface area contributed by atoms with Crippen LogP contribution in [0, 0.1) is 0 Å². The molecular formula is C22H25N3O5S. The summed E-state index contributed by atoms with van der Waals surface area (Å²) in [5, 5.41) is 5.57. The molecule has 2 aromatic rings. The second-order valence-electron chi connectivity index (χ2n) is 7.36. The second kappa shape index (κ2) is 9.30. The monoisotopic (exact) mass is 443 g/mol. The van der Waals surface area contributed by atoms with Crippen LogP contribution in [0.5, 0.6) is 0 Å². The molecule has 0 saturated heterocycles. The van der Waals surface area contributed by atoms with Gasteiger partial charge in [-0.25, -0.2) is 12.7 Å². The summed E-state index contributed by atoms with van der Waals surface area (Å²) in [7, 11) is -3.89. The molecule has 31 heavy (non-hydrogen) atoms. The smallest absolute Gasteiger partial charge is 0.269 e. The first-order chi connectivity index (χ1) is 14.8. The van der Waals surface area contributed by atoms with Gasteiger partial charge in [-0.2, -0.15) is 0 Å². The van der Waals surface area contributed by atoms with Gasteiger partial charge in [-0.05, 0) is 44.0 Å². The highest BCUT2D eigenvalue weighted by Gasteiger charge is 2.40. The quantitative estimate of drug-likeness (QED) is 0.651. The lowest BCUT2D eigenvalue weighted by molar-refractivity contribution is -0.116. The number of hydrogen-bond donors (Lipinski definition) is 2. The van der Waals surface area contributed by atoms with Crippen molar-refractivity contribution in [3.8, 4) is 0 Å². The molecule has 1 aliphatic rings. The lowest BCUT2D eigenvalue weighted by Gasteiger charge is -2.16. The number of amides is 3. The maximum absolute atomic E-state index is 12.6. The Hall–Kier alpha value is -3.20. The molecule has 8 nitrogen and oxygen atoms in total. The molecule has 3 rings (SSSR count). The van der Waals surface area contributed by atoms with Crippen molar-refractivity contribution in [2.24, 2.45) is 0 Å².